The van der Waals surface area contributed by atoms with E-state index in [2.05, 4.69) is 165 Å². The predicted octanol–water partition coefficient (Wildman–Crippen LogP) is 8.70. The molecule has 0 fully saturated rings. The summed E-state index contributed by atoms with van der Waals surface area (Å²) in [5.41, 5.74) is 17.9. The van der Waals surface area contributed by atoms with Crippen molar-refractivity contribution in [3.63, 3.8) is 0 Å². The number of nitrogens with zero attached hydrogens (tertiary/aromatic N) is 5. The number of rotatable bonds is 3. The lowest BCUT2D eigenvalue weighted by Crippen LogP contribution is -2.25. The van der Waals surface area contributed by atoms with Crippen molar-refractivity contribution in [2.45, 2.75) is 13.8 Å². The number of pyridine rings is 1. The van der Waals surface area contributed by atoms with Crippen LogP contribution < -0.4 is 4.57 Å². The molecule has 5 aliphatic rings. The van der Waals surface area contributed by atoms with Gasteiger partial charge in [-0.15, -0.1) is 0 Å². The molecule has 0 saturated heterocycles. The molecule has 0 radical (unpaired) electrons. The fraction of sp³-hybridized carbons (Fsp3) is 0.0870. The molecule has 4 aromatic rings. The van der Waals surface area contributed by atoms with Crippen LogP contribution in [0.15, 0.2) is 189 Å². The molecule has 0 aliphatic carbocycles. The first-order valence-electron chi connectivity index (χ1n) is 17.5. The van der Waals surface area contributed by atoms with Gasteiger partial charge in [0.25, 0.3) is 0 Å². The lowest BCUT2D eigenvalue weighted by molar-refractivity contribution is -0.671. The molecule has 2 aromatic carbocycles. The smallest absolute Gasteiger partial charge is 0.169 e. The zero-order valence-electron chi connectivity index (χ0n) is 29.6. The minimum Gasteiger partial charge on any atom is -0.357 e. The molecule has 6 nitrogen and oxygen atoms in total. The number of aromatic amines is 1. The number of nitrogens with one attached hydrogen (secondary N) is 1. The van der Waals surface area contributed by atoms with E-state index < -0.39 is 0 Å². The van der Waals surface area contributed by atoms with Crippen molar-refractivity contribution in [3.8, 4) is 0 Å². The molecule has 0 spiro atoms. The molecule has 52 heavy (non-hydrogen) atoms. The topological polar surface area (TPSA) is 60.0 Å². The van der Waals surface area contributed by atoms with Crippen LogP contribution in [-0.2, 0) is 7.05 Å². The number of fused-ring (bicyclic) bond motifs is 5. The van der Waals surface area contributed by atoms with Crippen LogP contribution in [0.2, 0.25) is 0 Å². The third-order valence-electron chi connectivity index (χ3n) is 9.90. The highest BCUT2D eigenvalue weighted by molar-refractivity contribution is 6.36. The number of aryl methyl sites for hydroxylation is 3. The van der Waals surface area contributed by atoms with E-state index in [9.17, 15) is 0 Å². The Morgan fingerprint density at radius 3 is 1.40 bits per heavy atom. The minimum atomic E-state index is 0.862. The molecule has 0 unspecified atom stereocenters. The van der Waals surface area contributed by atoms with Crippen LogP contribution in [0, 0.1) is 13.8 Å². The van der Waals surface area contributed by atoms with Gasteiger partial charge in [0.1, 0.15) is 7.05 Å². The van der Waals surface area contributed by atoms with E-state index in [1.807, 2.05) is 23.6 Å². The van der Waals surface area contributed by atoms with E-state index in [4.69, 9.17) is 15.0 Å². The summed E-state index contributed by atoms with van der Waals surface area (Å²) in [7, 11) is 4.07. The molecule has 9 rings (SSSR count). The van der Waals surface area contributed by atoms with Crippen molar-refractivity contribution in [2.24, 2.45) is 22.0 Å². The molecule has 7 heterocycles. The van der Waals surface area contributed by atoms with Crippen LogP contribution in [0.1, 0.15) is 39.2 Å². The summed E-state index contributed by atoms with van der Waals surface area (Å²) >= 11 is 0. The first kappa shape index (κ1) is 31.3. The Labute approximate surface area is 304 Å². The number of allylic oxidation sites excluding steroid dienone is 11. The zero-order chi connectivity index (χ0) is 35.3. The Morgan fingerprint density at radius 2 is 0.904 bits per heavy atom. The van der Waals surface area contributed by atoms with Crippen molar-refractivity contribution in [1.29, 1.82) is 0 Å². The molecule has 0 saturated carbocycles. The highest BCUT2D eigenvalue weighted by Gasteiger charge is 2.27. The summed E-state index contributed by atoms with van der Waals surface area (Å²) in [5.74, 6) is 0. The average molecular weight is 674 g/mol. The van der Waals surface area contributed by atoms with Crippen LogP contribution in [0.4, 0.5) is 0 Å². The van der Waals surface area contributed by atoms with Crippen LogP contribution in [0.25, 0.3) is 16.7 Å². The lowest BCUT2D eigenvalue weighted by Gasteiger charge is -2.16. The maximum absolute atomic E-state index is 5.38. The summed E-state index contributed by atoms with van der Waals surface area (Å²) in [6.45, 7) is 4.23. The molecule has 8 bridgehead atoms. The Hall–Kier alpha value is -6.66. The highest BCUT2D eigenvalue weighted by atomic mass is 15.0. The minimum absolute atomic E-state index is 0.862. The quantitative estimate of drug-likeness (QED) is 0.218. The number of aromatic nitrogens is 2. The third kappa shape index (κ3) is 5.64. The van der Waals surface area contributed by atoms with Gasteiger partial charge in [0.05, 0.1) is 34.2 Å². The first-order valence-corrected chi connectivity index (χ1v) is 17.5. The van der Waals surface area contributed by atoms with E-state index >= 15 is 0 Å². The second-order valence-electron chi connectivity index (χ2n) is 13.7. The average Bonchev–Trinajstić information content (AvgIpc) is 3.99. The molecule has 0 atom stereocenters. The monoisotopic (exact) mass is 673 g/mol. The van der Waals surface area contributed by atoms with Gasteiger partial charge in [-0.25, -0.2) is 19.5 Å². The molecular weight excluding hydrogens is 637 g/mol. The molecule has 2 aromatic heterocycles. The lowest BCUT2D eigenvalue weighted by atomic mass is 9.97. The van der Waals surface area contributed by atoms with Gasteiger partial charge in [0, 0.05) is 65.3 Å². The highest BCUT2D eigenvalue weighted by Crippen LogP contribution is 2.38. The molecular formula is C46H37N6+. The number of benzene rings is 2. The molecule has 1 N–H and O–H groups in total. The van der Waals surface area contributed by atoms with Gasteiger partial charge in [0.2, 0.25) is 0 Å². The van der Waals surface area contributed by atoms with E-state index in [1.54, 1.807) is 0 Å². The number of H-pyrrole nitrogens is 1. The number of hydrogen-bond donors (Lipinski definition) is 1. The van der Waals surface area contributed by atoms with E-state index in [-0.39, 0.29) is 0 Å². The maximum Gasteiger partial charge on any atom is 0.169 e. The SMILES string of the molecule is Cc1ccc(C2=C3C=CC(=N3)C(=C3C=CN(C)C=C3)C3=NC(=C(c4ccc(C)cc4)c4ccc([nH]4)C(c4cc[n+](C)cc4)=C4C=CC2=N4)C=C3)cc1. The van der Waals surface area contributed by atoms with Gasteiger partial charge in [-0.05, 0) is 96.9 Å². The fourth-order valence-electron chi connectivity index (χ4n) is 7.12. The van der Waals surface area contributed by atoms with Crippen LogP contribution >= 0.6 is 0 Å². The van der Waals surface area contributed by atoms with Crippen molar-refractivity contribution < 1.29 is 4.57 Å². The first-order chi connectivity index (χ1) is 25.4. The van der Waals surface area contributed by atoms with Gasteiger partial charge < -0.3 is 9.88 Å². The maximum atomic E-state index is 5.38. The molecule has 5 aliphatic heterocycles. The van der Waals surface area contributed by atoms with E-state index in [0.717, 1.165) is 90.2 Å². The fourth-order valence-corrected chi connectivity index (χ4v) is 7.12. The molecule has 0 amide bonds. The summed E-state index contributed by atoms with van der Waals surface area (Å²) in [6, 6.07) is 25.9. The largest absolute Gasteiger partial charge is 0.357 e. The number of aliphatic imine (C=N–C) groups is 3. The predicted molar refractivity (Wildman–Crippen MR) is 213 cm³/mol. The summed E-state index contributed by atoms with van der Waals surface area (Å²) in [4.78, 5) is 22.0. The zero-order valence-corrected chi connectivity index (χ0v) is 29.6. The van der Waals surface area contributed by atoms with Gasteiger partial charge in [-0.2, -0.15) is 0 Å². The number of hydrogen-bond acceptors (Lipinski definition) is 4. The van der Waals surface area contributed by atoms with Crippen LogP contribution in [0.5, 0.6) is 0 Å². The van der Waals surface area contributed by atoms with E-state index in [0.29, 0.717) is 0 Å². The second kappa shape index (κ2) is 12.6. The van der Waals surface area contributed by atoms with Crippen molar-refractivity contribution in [2.75, 3.05) is 7.05 Å². The Kier molecular flexibility index (Phi) is 7.58. The summed E-state index contributed by atoms with van der Waals surface area (Å²) in [6.07, 6.45) is 25.3. The van der Waals surface area contributed by atoms with E-state index in [1.165, 1.54) is 11.1 Å². The Morgan fingerprint density at radius 1 is 0.481 bits per heavy atom. The van der Waals surface area contributed by atoms with Gasteiger partial charge in [-0.1, -0.05) is 59.7 Å². The molecule has 250 valence electrons. The van der Waals surface area contributed by atoms with Crippen molar-refractivity contribution in [3.05, 3.63) is 214 Å². The summed E-state index contributed by atoms with van der Waals surface area (Å²) < 4.78 is 2.05. The Bertz CT molecular complexity index is 2530. The van der Waals surface area contributed by atoms with Crippen molar-refractivity contribution >= 4 is 33.9 Å². The van der Waals surface area contributed by atoms with Gasteiger partial charge in [-0.3, -0.25) is 0 Å². The molecule has 6 heteroatoms. The van der Waals surface area contributed by atoms with Crippen molar-refractivity contribution in [1.82, 2.24) is 9.88 Å². The Balaban J connectivity index is 1.36. The normalized spacial score (nSPS) is 17.6. The van der Waals surface area contributed by atoms with Crippen LogP contribution in [-0.4, -0.2) is 34.1 Å². The van der Waals surface area contributed by atoms with Crippen LogP contribution in [0.3, 0.4) is 0 Å². The third-order valence-corrected chi connectivity index (χ3v) is 9.90. The van der Waals surface area contributed by atoms with Gasteiger partial charge in [0.15, 0.2) is 12.4 Å². The second-order valence-corrected chi connectivity index (χ2v) is 13.7. The summed E-state index contributed by atoms with van der Waals surface area (Å²) in [5, 5.41) is 0. The standard InChI is InChI=1S/C46H37N6/c1-29-5-9-31(10-6-29)43-35-13-17-39(47-35)45(33-21-25-51(3)26-22-33)41-19-15-37(49-41)44(32-11-7-30(2)8-12-32)38-16-20-42(50-38)46(40-18-14-36(43)48-40)34-23-27-52(4)28-24-34/h5-28,47H,1-4H3/q+1. The van der Waals surface area contributed by atoms with Gasteiger partial charge >= 0.3 is 0 Å².